The van der Waals surface area contributed by atoms with Gasteiger partial charge in [-0.25, -0.2) is 9.78 Å². The summed E-state index contributed by atoms with van der Waals surface area (Å²) in [5.41, 5.74) is 0.162. The minimum atomic E-state index is -1.10. The summed E-state index contributed by atoms with van der Waals surface area (Å²) < 4.78 is 0. The van der Waals surface area contributed by atoms with Crippen LogP contribution in [0.4, 0.5) is 0 Å². The van der Waals surface area contributed by atoms with Gasteiger partial charge in [0.25, 0.3) is 5.91 Å². The summed E-state index contributed by atoms with van der Waals surface area (Å²) >= 11 is 1.08. The molecule has 1 aromatic heterocycles. The van der Waals surface area contributed by atoms with Crippen LogP contribution in [0.25, 0.3) is 0 Å². The van der Waals surface area contributed by atoms with Gasteiger partial charge in [0.15, 0.2) is 10.7 Å². The Balaban J connectivity index is 1.79. The van der Waals surface area contributed by atoms with Gasteiger partial charge < -0.3 is 10.4 Å². The van der Waals surface area contributed by atoms with Crippen LogP contribution in [0.1, 0.15) is 60.3 Å². The highest BCUT2D eigenvalue weighted by atomic mass is 32.1. The van der Waals surface area contributed by atoms with Crippen LogP contribution in [0.3, 0.4) is 0 Å². The molecule has 21 heavy (non-hydrogen) atoms. The Kier molecular flexibility index (Phi) is 3.13. The van der Waals surface area contributed by atoms with Crippen molar-refractivity contribution in [3.05, 3.63) is 16.1 Å². The maximum atomic E-state index is 12.4. The van der Waals surface area contributed by atoms with Crippen molar-refractivity contribution in [1.82, 2.24) is 10.3 Å². The standard InChI is InChI=1S/C15H20N2O3S/c1-14(2)8-4-5-15(3,6-8)13(14)17-10(18)11-16-9(7-21-11)12(19)20/h7-8,13H,4-6H2,1-3H3,(H,17,18)(H,19,20). The lowest BCUT2D eigenvalue weighted by molar-refractivity contribution is 0.0691. The van der Waals surface area contributed by atoms with Crippen molar-refractivity contribution in [3.8, 4) is 0 Å². The van der Waals surface area contributed by atoms with Crippen molar-refractivity contribution in [1.29, 1.82) is 0 Å². The SMILES string of the molecule is CC12CCC(C1)C(C)(C)C2NC(=O)c1nc(C(=O)O)cs1. The monoisotopic (exact) mass is 308 g/mol. The number of hydrogen-bond donors (Lipinski definition) is 2. The fourth-order valence-corrected chi connectivity index (χ4v) is 5.03. The molecule has 1 amide bonds. The number of hydrogen-bond acceptors (Lipinski definition) is 4. The Morgan fingerprint density at radius 1 is 1.43 bits per heavy atom. The van der Waals surface area contributed by atoms with Gasteiger partial charge in [0.2, 0.25) is 0 Å². The quantitative estimate of drug-likeness (QED) is 0.900. The van der Waals surface area contributed by atoms with Crippen molar-refractivity contribution in [2.45, 2.75) is 46.1 Å². The lowest BCUT2D eigenvalue weighted by atomic mass is 9.68. The number of aromatic nitrogens is 1. The zero-order valence-corrected chi connectivity index (χ0v) is 13.3. The summed E-state index contributed by atoms with van der Waals surface area (Å²) in [6.45, 7) is 6.69. The van der Waals surface area contributed by atoms with Gasteiger partial charge in [-0.15, -0.1) is 11.3 Å². The molecule has 5 nitrogen and oxygen atoms in total. The lowest BCUT2D eigenvalue weighted by Crippen LogP contribution is -2.52. The van der Waals surface area contributed by atoms with Gasteiger partial charge in [-0.2, -0.15) is 0 Å². The Bertz CT molecular complexity index is 605. The molecular formula is C15H20N2O3S. The number of thiazole rings is 1. The van der Waals surface area contributed by atoms with E-state index in [4.69, 9.17) is 5.11 Å². The summed E-state index contributed by atoms with van der Waals surface area (Å²) in [5, 5.41) is 13.7. The van der Waals surface area contributed by atoms with Gasteiger partial charge in [0, 0.05) is 11.4 Å². The molecule has 1 aromatic rings. The van der Waals surface area contributed by atoms with Crippen LogP contribution < -0.4 is 5.32 Å². The first-order chi connectivity index (χ1) is 9.74. The van der Waals surface area contributed by atoms with Gasteiger partial charge in [-0.05, 0) is 36.0 Å². The molecule has 2 fully saturated rings. The zero-order chi connectivity index (χ0) is 15.4. The third-order valence-electron chi connectivity index (χ3n) is 5.46. The topological polar surface area (TPSA) is 79.3 Å². The van der Waals surface area contributed by atoms with Crippen molar-refractivity contribution < 1.29 is 14.7 Å². The number of nitrogens with one attached hydrogen (secondary N) is 1. The van der Waals surface area contributed by atoms with E-state index in [1.807, 2.05) is 0 Å². The predicted octanol–water partition coefficient (Wildman–Crippen LogP) is 2.79. The molecule has 2 bridgehead atoms. The second kappa shape index (κ2) is 4.53. The van der Waals surface area contributed by atoms with E-state index in [0.29, 0.717) is 5.92 Å². The van der Waals surface area contributed by atoms with E-state index in [-0.39, 0.29) is 33.5 Å². The van der Waals surface area contributed by atoms with Gasteiger partial charge >= 0.3 is 5.97 Å². The van der Waals surface area contributed by atoms with Gasteiger partial charge in [-0.3, -0.25) is 4.79 Å². The molecule has 6 heteroatoms. The van der Waals surface area contributed by atoms with E-state index >= 15 is 0 Å². The molecule has 0 spiro atoms. The van der Waals surface area contributed by atoms with Crippen LogP contribution in [0.5, 0.6) is 0 Å². The van der Waals surface area contributed by atoms with Crippen LogP contribution in [-0.2, 0) is 0 Å². The number of carboxylic acids is 1. The highest BCUT2D eigenvalue weighted by molar-refractivity contribution is 7.11. The van der Waals surface area contributed by atoms with Crippen LogP contribution in [0.2, 0.25) is 0 Å². The normalized spacial score (nSPS) is 33.1. The van der Waals surface area contributed by atoms with E-state index in [1.165, 1.54) is 11.8 Å². The Morgan fingerprint density at radius 3 is 2.67 bits per heavy atom. The van der Waals surface area contributed by atoms with Crippen LogP contribution in [0, 0.1) is 16.7 Å². The second-order valence-electron chi connectivity index (χ2n) is 7.16. The van der Waals surface area contributed by atoms with E-state index in [9.17, 15) is 9.59 Å². The molecule has 0 aliphatic heterocycles. The summed E-state index contributed by atoms with van der Waals surface area (Å²) in [4.78, 5) is 27.1. The molecule has 3 rings (SSSR count). The number of carboxylic acid groups (broad SMARTS) is 1. The molecule has 1 heterocycles. The Hall–Kier alpha value is -1.43. The highest BCUT2D eigenvalue weighted by Crippen LogP contribution is 2.62. The van der Waals surface area contributed by atoms with E-state index in [2.05, 4.69) is 31.1 Å². The summed E-state index contributed by atoms with van der Waals surface area (Å²) in [6.07, 6.45) is 3.53. The average molecular weight is 308 g/mol. The van der Waals surface area contributed by atoms with Crippen LogP contribution in [-0.4, -0.2) is 28.0 Å². The van der Waals surface area contributed by atoms with Crippen molar-refractivity contribution in [3.63, 3.8) is 0 Å². The molecule has 3 unspecified atom stereocenters. The third-order valence-corrected chi connectivity index (χ3v) is 6.30. The molecule has 2 N–H and O–H groups in total. The first kappa shape index (κ1) is 14.5. The highest BCUT2D eigenvalue weighted by Gasteiger charge is 2.59. The molecule has 114 valence electrons. The number of aromatic carboxylic acids is 1. The van der Waals surface area contributed by atoms with Crippen molar-refractivity contribution in [2.75, 3.05) is 0 Å². The van der Waals surface area contributed by atoms with Crippen molar-refractivity contribution >= 4 is 23.2 Å². The largest absolute Gasteiger partial charge is 0.476 e. The molecule has 0 saturated heterocycles. The van der Waals surface area contributed by atoms with Gasteiger partial charge in [-0.1, -0.05) is 20.8 Å². The zero-order valence-electron chi connectivity index (χ0n) is 12.5. The van der Waals surface area contributed by atoms with E-state index in [0.717, 1.165) is 24.2 Å². The molecule has 2 saturated carbocycles. The summed E-state index contributed by atoms with van der Waals surface area (Å²) in [5.74, 6) is -0.699. The van der Waals surface area contributed by atoms with Crippen molar-refractivity contribution in [2.24, 2.45) is 16.7 Å². The number of nitrogens with zero attached hydrogens (tertiary/aromatic N) is 1. The smallest absolute Gasteiger partial charge is 0.355 e. The molecule has 2 aliphatic rings. The maximum Gasteiger partial charge on any atom is 0.355 e. The minimum absolute atomic E-state index is 0.0661. The number of carbonyl (C=O) groups excluding carboxylic acids is 1. The Labute approximate surface area is 127 Å². The predicted molar refractivity (Wildman–Crippen MR) is 79.6 cm³/mol. The fourth-order valence-electron chi connectivity index (χ4n) is 4.33. The van der Waals surface area contributed by atoms with Crippen LogP contribution >= 0.6 is 11.3 Å². The molecule has 2 aliphatic carbocycles. The van der Waals surface area contributed by atoms with Crippen LogP contribution in [0.15, 0.2) is 5.38 Å². The average Bonchev–Trinajstić information content (AvgIpc) is 3.05. The summed E-state index contributed by atoms with van der Waals surface area (Å²) in [6, 6.07) is 0.119. The van der Waals surface area contributed by atoms with E-state index in [1.54, 1.807) is 0 Å². The minimum Gasteiger partial charge on any atom is -0.476 e. The fraction of sp³-hybridized carbons (Fsp3) is 0.667. The van der Waals surface area contributed by atoms with E-state index < -0.39 is 5.97 Å². The molecule has 0 aromatic carbocycles. The third kappa shape index (κ3) is 2.16. The molecule has 3 atom stereocenters. The Morgan fingerprint density at radius 2 is 2.14 bits per heavy atom. The number of carbonyl (C=O) groups is 2. The summed E-state index contributed by atoms with van der Waals surface area (Å²) in [7, 11) is 0. The number of rotatable bonds is 3. The van der Waals surface area contributed by atoms with Gasteiger partial charge in [0.1, 0.15) is 0 Å². The number of amides is 1. The first-order valence-corrected chi connectivity index (χ1v) is 8.12. The second-order valence-corrected chi connectivity index (χ2v) is 8.02. The molecule has 0 radical (unpaired) electrons. The maximum absolute atomic E-state index is 12.4. The first-order valence-electron chi connectivity index (χ1n) is 7.24. The lowest BCUT2D eigenvalue weighted by Gasteiger charge is -2.42. The van der Waals surface area contributed by atoms with Gasteiger partial charge in [0.05, 0.1) is 0 Å². The molecular weight excluding hydrogens is 288 g/mol. The number of fused-ring (bicyclic) bond motifs is 2.